The van der Waals surface area contributed by atoms with Crippen LogP contribution in [0.1, 0.15) is 18.0 Å². The number of likely N-dealkylation sites (tertiary alicyclic amines) is 1. The Morgan fingerprint density at radius 3 is 2.88 bits per heavy atom. The summed E-state index contributed by atoms with van der Waals surface area (Å²) in [5.74, 6) is 0.389. The van der Waals surface area contributed by atoms with Crippen LogP contribution in [-0.4, -0.2) is 52.4 Å². The van der Waals surface area contributed by atoms with Gasteiger partial charge in [-0.15, -0.1) is 0 Å². The third kappa shape index (κ3) is 3.96. The number of hydrogen-bond donors (Lipinski definition) is 1. The van der Waals surface area contributed by atoms with E-state index in [9.17, 15) is 9.18 Å². The summed E-state index contributed by atoms with van der Waals surface area (Å²) < 4.78 is 19.8. The molecule has 0 saturated carbocycles. The highest BCUT2D eigenvalue weighted by Crippen LogP contribution is 2.37. The number of carbonyl (C=O) groups is 1. The molecule has 2 atom stereocenters. The predicted octanol–water partition coefficient (Wildman–Crippen LogP) is 1.60. The monoisotopic (exact) mass is 347 g/mol. The van der Waals surface area contributed by atoms with Crippen molar-refractivity contribution in [1.29, 1.82) is 0 Å². The molecular weight excluding hydrogens is 325 g/mol. The smallest absolute Gasteiger partial charge is 0.223 e. The number of amides is 1. The van der Waals surface area contributed by atoms with Crippen molar-refractivity contribution in [2.45, 2.75) is 12.5 Å². The number of nitrogens with zero attached hydrogens (tertiary/aromatic N) is 4. The SMILES string of the molecule is COCCN1C(=O)C[C@@H](CNc2ccc(F)cn2)[C@@H]1c1cnn(C)c1. The van der Waals surface area contributed by atoms with Crippen molar-refractivity contribution < 1.29 is 13.9 Å². The Bertz CT molecular complexity index is 718. The van der Waals surface area contributed by atoms with Gasteiger partial charge in [-0.3, -0.25) is 9.48 Å². The standard InChI is InChI=1S/C17H22FN5O2/c1-22-11-13(9-21-22)17-12(7-16(24)23(17)5-6-25-2)8-19-15-4-3-14(18)10-20-15/h3-4,9-12,17H,5-8H2,1-2H3,(H,19,20)/t12-,17+/m0/s1. The molecule has 25 heavy (non-hydrogen) atoms. The molecule has 1 amide bonds. The summed E-state index contributed by atoms with van der Waals surface area (Å²) in [7, 11) is 3.48. The molecule has 0 aliphatic carbocycles. The maximum atomic E-state index is 13.0. The van der Waals surface area contributed by atoms with E-state index in [0.717, 1.165) is 5.56 Å². The van der Waals surface area contributed by atoms with Gasteiger partial charge >= 0.3 is 0 Å². The van der Waals surface area contributed by atoms with Gasteiger partial charge in [0.1, 0.15) is 11.6 Å². The molecule has 134 valence electrons. The highest BCUT2D eigenvalue weighted by Gasteiger charge is 2.40. The van der Waals surface area contributed by atoms with Gasteiger partial charge in [0, 0.05) is 51.3 Å². The minimum atomic E-state index is -0.374. The van der Waals surface area contributed by atoms with E-state index in [4.69, 9.17) is 4.74 Å². The van der Waals surface area contributed by atoms with Crippen LogP contribution in [0.5, 0.6) is 0 Å². The molecule has 2 aromatic rings. The van der Waals surface area contributed by atoms with Crippen LogP contribution in [-0.2, 0) is 16.6 Å². The summed E-state index contributed by atoms with van der Waals surface area (Å²) >= 11 is 0. The number of methoxy groups -OCH3 is 1. The largest absolute Gasteiger partial charge is 0.383 e. The Balaban J connectivity index is 1.75. The molecule has 0 radical (unpaired) electrons. The fourth-order valence-corrected chi connectivity index (χ4v) is 3.26. The molecule has 7 nitrogen and oxygen atoms in total. The van der Waals surface area contributed by atoms with Crippen LogP contribution in [0, 0.1) is 11.7 Å². The van der Waals surface area contributed by atoms with E-state index in [1.165, 1.54) is 12.3 Å². The maximum absolute atomic E-state index is 13.0. The molecule has 0 bridgehead atoms. The maximum Gasteiger partial charge on any atom is 0.223 e. The lowest BCUT2D eigenvalue weighted by Crippen LogP contribution is -2.33. The molecule has 1 aliphatic heterocycles. The minimum Gasteiger partial charge on any atom is -0.383 e. The van der Waals surface area contributed by atoms with Gasteiger partial charge in [0.15, 0.2) is 0 Å². The average Bonchev–Trinajstić information content (AvgIpc) is 3.15. The van der Waals surface area contributed by atoms with Crippen molar-refractivity contribution in [3.05, 3.63) is 42.1 Å². The lowest BCUT2D eigenvalue weighted by Gasteiger charge is -2.27. The Kier molecular flexibility index (Phi) is 5.28. The van der Waals surface area contributed by atoms with Crippen LogP contribution in [0.4, 0.5) is 10.2 Å². The molecular formula is C17H22FN5O2. The van der Waals surface area contributed by atoms with Gasteiger partial charge in [-0.25, -0.2) is 9.37 Å². The molecule has 1 saturated heterocycles. The predicted molar refractivity (Wildman–Crippen MR) is 90.3 cm³/mol. The first-order valence-corrected chi connectivity index (χ1v) is 8.21. The normalized spacial score (nSPS) is 20.3. The lowest BCUT2D eigenvalue weighted by molar-refractivity contribution is -0.129. The summed E-state index contributed by atoms with van der Waals surface area (Å²) in [5, 5.41) is 7.44. The van der Waals surface area contributed by atoms with E-state index in [1.807, 2.05) is 18.1 Å². The number of ether oxygens (including phenoxy) is 1. The quantitative estimate of drug-likeness (QED) is 0.824. The Morgan fingerprint density at radius 1 is 1.40 bits per heavy atom. The number of halogens is 1. The molecule has 3 heterocycles. The zero-order valence-corrected chi connectivity index (χ0v) is 14.4. The number of aryl methyl sites for hydroxylation is 1. The molecule has 2 aromatic heterocycles. The van der Waals surface area contributed by atoms with Crippen LogP contribution in [0.15, 0.2) is 30.7 Å². The van der Waals surface area contributed by atoms with Crippen molar-refractivity contribution in [1.82, 2.24) is 19.7 Å². The number of nitrogens with one attached hydrogen (secondary N) is 1. The second-order valence-electron chi connectivity index (χ2n) is 6.18. The highest BCUT2D eigenvalue weighted by atomic mass is 19.1. The van der Waals surface area contributed by atoms with Crippen molar-refractivity contribution >= 4 is 11.7 Å². The first kappa shape index (κ1) is 17.3. The van der Waals surface area contributed by atoms with Gasteiger partial charge in [0.05, 0.1) is 25.0 Å². The molecule has 0 spiro atoms. The summed E-state index contributed by atoms with van der Waals surface area (Å²) in [4.78, 5) is 18.3. The number of hydrogen-bond acceptors (Lipinski definition) is 5. The van der Waals surface area contributed by atoms with Crippen molar-refractivity contribution in [2.24, 2.45) is 13.0 Å². The molecule has 1 aliphatic rings. The first-order valence-electron chi connectivity index (χ1n) is 8.21. The number of pyridine rings is 1. The summed E-state index contributed by atoms with van der Waals surface area (Å²) in [6.45, 7) is 1.59. The van der Waals surface area contributed by atoms with Gasteiger partial charge in [-0.2, -0.15) is 5.10 Å². The van der Waals surface area contributed by atoms with Crippen molar-refractivity contribution in [3.63, 3.8) is 0 Å². The highest BCUT2D eigenvalue weighted by molar-refractivity contribution is 5.79. The summed E-state index contributed by atoms with van der Waals surface area (Å²) in [5.41, 5.74) is 1.00. The van der Waals surface area contributed by atoms with Crippen LogP contribution in [0.3, 0.4) is 0 Å². The molecule has 1 N–H and O–H groups in total. The number of carbonyl (C=O) groups excluding carboxylic acids is 1. The van der Waals surface area contributed by atoms with Gasteiger partial charge in [-0.1, -0.05) is 0 Å². The fourth-order valence-electron chi connectivity index (χ4n) is 3.26. The first-order chi connectivity index (χ1) is 12.1. The number of aromatic nitrogens is 3. The Labute approximate surface area is 145 Å². The number of rotatable bonds is 7. The van der Waals surface area contributed by atoms with E-state index in [0.29, 0.717) is 31.9 Å². The van der Waals surface area contributed by atoms with Crippen molar-refractivity contribution in [2.75, 3.05) is 32.1 Å². The lowest BCUT2D eigenvalue weighted by atomic mass is 9.95. The Hall–Kier alpha value is -2.48. The van der Waals surface area contributed by atoms with Gasteiger partial charge in [0.2, 0.25) is 5.91 Å². The molecule has 3 rings (SSSR count). The van der Waals surface area contributed by atoms with Crippen molar-refractivity contribution in [3.8, 4) is 0 Å². The third-order valence-corrected chi connectivity index (χ3v) is 4.41. The minimum absolute atomic E-state index is 0.0655. The summed E-state index contributed by atoms with van der Waals surface area (Å²) in [6, 6.07) is 2.89. The van der Waals surface area contributed by atoms with Crippen LogP contribution in [0.25, 0.3) is 0 Å². The molecule has 8 heteroatoms. The van der Waals surface area contributed by atoms with Gasteiger partial charge in [0.25, 0.3) is 0 Å². The van der Waals surface area contributed by atoms with E-state index in [2.05, 4.69) is 15.4 Å². The second-order valence-corrected chi connectivity index (χ2v) is 6.18. The van der Waals surface area contributed by atoms with Crippen LogP contribution >= 0.6 is 0 Å². The topological polar surface area (TPSA) is 72.3 Å². The van der Waals surface area contributed by atoms with E-state index in [1.54, 1.807) is 24.1 Å². The molecule has 0 unspecified atom stereocenters. The summed E-state index contributed by atoms with van der Waals surface area (Å²) in [6.07, 6.45) is 5.35. The Morgan fingerprint density at radius 2 is 2.24 bits per heavy atom. The van der Waals surface area contributed by atoms with Gasteiger partial charge < -0.3 is 15.0 Å². The second kappa shape index (κ2) is 7.60. The average molecular weight is 347 g/mol. The van der Waals surface area contributed by atoms with E-state index >= 15 is 0 Å². The zero-order chi connectivity index (χ0) is 17.8. The molecule has 1 fully saturated rings. The molecule has 0 aromatic carbocycles. The van der Waals surface area contributed by atoms with Crippen LogP contribution < -0.4 is 5.32 Å². The zero-order valence-electron chi connectivity index (χ0n) is 14.4. The van der Waals surface area contributed by atoms with E-state index in [-0.39, 0.29) is 23.7 Å². The number of anilines is 1. The van der Waals surface area contributed by atoms with Crippen LogP contribution in [0.2, 0.25) is 0 Å². The fraction of sp³-hybridized carbons (Fsp3) is 0.471. The van der Waals surface area contributed by atoms with Gasteiger partial charge in [-0.05, 0) is 12.1 Å². The van der Waals surface area contributed by atoms with E-state index < -0.39 is 0 Å². The third-order valence-electron chi connectivity index (χ3n) is 4.41.